The zero-order valence-electron chi connectivity index (χ0n) is 16.4. The highest BCUT2D eigenvalue weighted by Crippen LogP contribution is 2.42. The van der Waals surface area contributed by atoms with Crippen molar-refractivity contribution in [2.75, 3.05) is 13.6 Å². The molecular formula is C18H30Cl2N4O3S. The first-order valence-electron chi connectivity index (χ1n) is 9.60. The molecule has 1 aliphatic heterocycles. The van der Waals surface area contributed by atoms with Gasteiger partial charge in [-0.3, -0.25) is 5.32 Å². The number of carboxylic acids is 1. The normalized spacial score (nSPS) is 28.8. The fourth-order valence-electron chi connectivity index (χ4n) is 3.42. The predicted octanol–water partition coefficient (Wildman–Crippen LogP) is 2.85. The summed E-state index contributed by atoms with van der Waals surface area (Å²) >= 11 is 14.4. The van der Waals surface area contributed by atoms with E-state index >= 15 is 0 Å². The van der Waals surface area contributed by atoms with Gasteiger partial charge in [0.15, 0.2) is 0 Å². The van der Waals surface area contributed by atoms with Crippen molar-refractivity contribution in [1.82, 2.24) is 21.3 Å². The monoisotopic (exact) mass is 452 g/mol. The van der Waals surface area contributed by atoms with Crippen LogP contribution in [0.4, 0.5) is 4.79 Å². The number of hydrogen-bond donors (Lipinski definition) is 5. The molecule has 160 valence electrons. The van der Waals surface area contributed by atoms with Crippen molar-refractivity contribution < 1.29 is 14.7 Å². The van der Waals surface area contributed by atoms with Gasteiger partial charge in [-0.25, -0.2) is 9.59 Å². The Morgan fingerprint density at radius 3 is 2.57 bits per heavy atom. The molecule has 0 aromatic carbocycles. The quantitative estimate of drug-likeness (QED) is 0.362. The van der Waals surface area contributed by atoms with Gasteiger partial charge in [0.1, 0.15) is 11.5 Å². The average molecular weight is 453 g/mol. The number of nitrogens with one attached hydrogen (secondary N) is 4. The summed E-state index contributed by atoms with van der Waals surface area (Å²) in [5, 5.41) is 20.8. The van der Waals surface area contributed by atoms with Gasteiger partial charge >= 0.3 is 12.0 Å². The molecule has 1 fully saturated rings. The van der Waals surface area contributed by atoms with E-state index in [9.17, 15) is 14.7 Å². The third-order valence-electron chi connectivity index (χ3n) is 4.88. The van der Waals surface area contributed by atoms with Gasteiger partial charge in [0.2, 0.25) is 0 Å². The lowest BCUT2D eigenvalue weighted by atomic mass is 9.85. The molecule has 2 amide bonds. The molecule has 1 aliphatic carbocycles. The standard InChI is InChI=1S/C18H30Cl2N4O3S/c1-9(2)6-14-15(10-4-5-11(19)12(20)7-10)24-18(28-14)22-8-13(16(25)26)23-17(27)21-3/h9-13,18,22,24H,4-8H2,1-3H3,(H,25,26)(H2,21,23,27). The van der Waals surface area contributed by atoms with E-state index in [1.165, 1.54) is 17.6 Å². The molecule has 0 bridgehead atoms. The number of halogens is 2. The molecule has 0 aromatic rings. The Balaban J connectivity index is 1.99. The van der Waals surface area contributed by atoms with E-state index < -0.39 is 18.0 Å². The number of allylic oxidation sites excluding steroid dienone is 2. The van der Waals surface area contributed by atoms with Crippen LogP contribution < -0.4 is 21.3 Å². The highest BCUT2D eigenvalue weighted by molar-refractivity contribution is 8.03. The summed E-state index contributed by atoms with van der Waals surface area (Å²) in [5.41, 5.74) is 1.07. The highest BCUT2D eigenvalue weighted by atomic mass is 35.5. The van der Waals surface area contributed by atoms with Crippen molar-refractivity contribution in [3.63, 3.8) is 0 Å². The van der Waals surface area contributed by atoms with Crippen LogP contribution in [0, 0.1) is 11.8 Å². The van der Waals surface area contributed by atoms with E-state index in [0.717, 1.165) is 25.7 Å². The van der Waals surface area contributed by atoms with Crippen molar-refractivity contribution in [3.05, 3.63) is 10.6 Å². The van der Waals surface area contributed by atoms with E-state index in [-0.39, 0.29) is 22.8 Å². The molecule has 28 heavy (non-hydrogen) atoms. The summed E-state index contributed by atoms with van der Waals surface area (Å²) in [4.78, 5) is 24.1. The summed E-state index contributed by atoms with van der Waals surface area (Å²) in [5.74, 6) is -0.235. The molecule has 1 heterocycles. The topological polar surface area (TPSA) is 102 Å². The summed E-state index contributed by atoms with van der Waals surface area (Å²) in [6, 6.07) is -1.54. The number of rotatable bonds is 8. The molecule has 1 saturated carbocycles. The molecule has 2 rings (SSSR count). The Labute approximate surface area is 180 Å². The highest BCUT2D eigenvalue weighted by Gasteiger charge is 2.35. The number of carboxylic acid groups (broad SMARTS) is 1. The van der Waals surface area contributed by atoms with Crippen LogP contribution in [-0.4, -0.2) is 53.0 Å². The van der Waals surface area contributed by atoms with Crippen molar-refractivity contribution in [3.8, 4) is 0 Å². The molecule has 2 aliphatic rings. The SMILES string of the molecule is CNC(=O)NC(CNC1NC(C2CCC(Cl)C(Cl)C2)=C(CC(C)C)S1)C(=O)O. The van der Waals surface area contributed by atoms with Gasteiger partial charge in [-0.1, -0.05) is 25.6 Å². The van der Waals surface area contributed by atoms with E-state index in [2.05, 4.69) is 35.1 Å². The third-order valence-corrected chi connectivity index (χ3v) is 7.20. The van der Waals surface area contributed by atoms with Crippen LogP contribution in [0.15, 0.2) is 10.6 Å². The molecule has 5 N–H and O–H groups in total. The molecule has 0 aromatic heterocycles. The number of aliphatic carboxylic acids is 1. The van der Waals surface area contributed by atoms with Crippen molar-refractivity contribution >= 4 is 47.0 Å². The van der Waals surface area contributed by atoms with Gasteiger partial charge in [-0.05, 0) is 31.6 Å². The number of carbonyl (C=O) groups excluding carboxylic acids is 1. The Kier molecular flexibility index (Phi) is 9.05. The van der Waals surface area contributed by atoms with E-state index in [0.29, 0.717) is 11.8 Å². The molecule has 0 radical (unpaired) electrons. The number of amides is 2. The summed E-state index contributed by atoms with van der Waals surface area (Å²) < 4.78 is 0. The minimum absolute atomic E-state index is 0.0159. The Bertz CT molecular complexity index is 605. The maximum Gasteiger partial charge on any atom is 0.327 e. The molecular weight excluding hydrogens is 423 g/mol. The van der Waals surface area contributed by atoms with Crippen LogP contribution in [-0.2, 0) is 4.79 Å². The van der Waals surface area contributed by atoms with E-state index in [1.807, 2.05) is 0 Å². The van der Waals surface area contributed by atoms with Crippen molar-refractivity contribution in [2.45, 2.75) is 61.8 Å². The third kappa shape index (κ3) is 6.61. The minimum Gasteiger partial charge on any atom is -0.480 e. The van der Waals surface area contributed by atoms with Gasteiger partial charge in [-0.2, -0.15) is 0 Å². The first kappa shape index (κ1) is 23.4. The average Bonchev–Trinajstić information content (AvgIpc) is 3.02. The summed E-state index contributed by atoms with van der Waals surface area (Å²) in [7, 11) is 1.45. The first-order chi connectivity index (χ1) is 13.2. The smallest absolute Gasteiger partial charge is 0.327 e. The fraction of sp³-hybridized carbons (Fsp3) is 0.778. The molecule has 5 unspecified atom stereocenters. The minimum atomic E-state index is -1.08. The maximum atomic E-state index is 11.4. The molecule has 7 nitrogen and oxygen atoms in total. The summed E-state index contributed by atoms with van der Waals surface area (Å²) in [6.45, 7) is 4.47. The van der Waals surface area contributed by atoms with Gasteiger partial charge in [0, 0.05) is 35.5 Å². The van der Waals surface area contributed by atoms with Crippen LogP contribution in [0.5, 0.6) is 0 Å². The fourth-order valence-corrected chi connectivity index (χ4v) is 5.42. The van der Waals surface area contributed by atoms with Crippen molar-refractivity contribution in [2.24, 2.45) is 11.8 Å². The molecule has 0 saturated heterocycles. The van der Waals surface area contributed by atoms with Gasteiger partial charge in [0.25, 0.3) is 0 Å². The Morgan fingerprint density at radius 2 is 2.00 bits per heavy atom. The van der Waals surface area contributed by atoms with Crippen LogP contribution >= 0.6 is 35.0 Å². The van der Waals surface area contributed by atoms with Crippen LogP contribution in [0.1, 0.15) is 39.5 Å². The van der Waals surface area contributed by atoms with Gasteiger partial charge in [-0.15, -0.1) is 23.2 Å². The second-order valence-corrected chi connectivity index (χ2v) is 9.96. The largest absolute Gasteiger partial charge is 0.480 e. The first-order valence-corrected chi connectivity index (χ1v) is 11.3. The Morgan fingerprint density at radius 1 is 1.29 bits per heavy atom. The Hall–Kier alpha value is -0.830. The molecule has 10 heteroatoms. The summed E-state index contributed by atoms with van der Waals surface area (Å²) in [6.07, 6.45) is 3.67. The number of thioether (sulfide) groups is 1. The lowest BCUT2D eigenvalue weighted by molar-refractivity contribution is -0.139. The second-order valence-electron chi connectivity index (χ2n) is 7.64. The van der Waals surface area contributed by atoms with Crippen LogP contribution in [0.25, 0.3) is 0 Å². The predicted molar refractivity (Wildman–Crippen MR) is 115 cm³/mol. The van der Waals surface area contributed by atoms with E-state index in [4.69, 9.17) is 23.2 Å². The number of hydrogen-bond acceptors (Lipinski definition) is 5. The second kappa shape index (κ2) is 10.8. The number of alkyl halides is 2. The maximum absolute atomic E-state index is 11.4. The van der Waals surface area contributed by atoms with Crippen LogP contribution in [0.3, 0.4) is 0 Å². The lowest BCUT2D eigenvalue weighted by Crippen LogP contribution is -2.52. The molecule has 5 atom stereocenters. The van der Waals surface area contributed by atoms with Crippen LogP contribution in [0.2, 0.25) is 0 Å². The number of carbonyl (C=O) groups is 2. The zero-order valence-corrected chi connectivity index (χ0v) is 18.8. The van der Waals surface area contributed by atoms with E-state index in [1.54, 1.807) is 11.8 Å². The van der Waals surface area contributed by atoms with Crippen molar-refractivity contribution in [1.29, 1.82) is 0 Å². The molecule has 0 spiro atoms. The zero-order chi connectivity index (χ0) is 20.8. The lowest BCUT2D eigenvalue weighted by Gasteiger charge is -2.31. The van der Waals surface area contributed by atoms with Gasteiger partial charge in [0.05, 0.1) is 5.38 Å². The number of urea groups is 1. The van der Waals surface area contributed by atoms with Gasteiger partial charge < -0.3 is 21.1 Å².